The summed E-state index contributed by atoms with van der Waals surface area (Å²) in [4.78, 5) is 0. The van der Waals surface area contributed by atoms with E-state index in [4.69, 9.17) is 0 Å². The van der Waals surface area contributed by atoms with Crippen molar-refractivity contribution in [2.24, 2.45) is 5.41 Å². The molecule has 1 nitrogen and oxygen atoms in total. The molecule has 0 atom stereocenters. The number of hydrogen-bond acceptors (Lipinski definition) is 1. The van der Waals surface area contributed by atoms with Crippen molar-refractivity contribution in [3.8, 4) is 0 Å². The van der Waals surface area contributed by atoms with Gasteiger partial charge < -0.3 is 5.32 Å². The molecule has 0 radical (unpaired) electrons. The van der Waals surface area contributed by atoms with Gasteiger partial charge in [-0.05, 0) is 48.4 Å². The molecule has 0 aliphatic heterocycles. The van der Waals surface area contributed by atoms with Crippen molar-refractivity contribution in [2.75, 3.05) is 6.54 Å². The Morgan fingerprint density at radius 2 is 2.00 bits per heavy atom. The van der Waals surface area contributed by atoms with E-state index in [1.807, 2.05) is 6.07 Å². The molecule has 2 rings (SSSR count). The standard InChI is InChI=1S/C16H23BrFN/c1-12(2)19-11-16(7-3-4-8-16)10-13-9-14(17)5-6-15(13)18/h5-6,9,12,19H,3-4,7-8,10-11H2,1-2H3. The summed E-state index contributed by atoms with van der Waals surface area (Å²) in [7, 11) is 0. The van der Waals surface area contributed by atoms with Gasteiger partial charge in [0, 0.05) is 17.1 Å². The minimum atomic E-state index is -0.0704. The van der Waals surface area contributed by atoms with E-state index in [2.05, 4.69) is 35.1 Å². The Bertz CT molecular complexity index is 425. The van der Waals surface area contributed by atoms with Crippen LogP contribution in [-0.2, 0) is 6.42 Å². The quantitative estimate of drug-likeness (QED) is 0.827. The molecule has 106 valence electrons. The van der Waals surface area contributed by atoms with Crippen molar-refractivity contribution in [2.45, 2.75) is 52.0 Å². The van der Waals surface area contributed by atoms with Gasteiger partial charge in [-0.25, -0.2) is 4.39 Å². The van der Waals surface area contributed by atoms with Gasteiger partial charge in [0.05, 0.1) is 0 Å². The Hall–Kier alpha value is -0.410. The number of halogens is 2. The fourth-order valence-electron chi connectivity index (χ4n) is 3.04. The van der Waals surface area contributed by atoms with E-state index < -0.39 is 0 Å². The summed E-state index contributed by atoms with van der Waals surface area (Å²) in [6.07, 6.45) is 5.81. The topological polar surface area (TPSA) is 12.0 Å². The number of nitrogens with one attached hydrogen (secondary N) is 1. The average Bonchev–Trinajstić information content (AvgIpc) is 2.81. The third-order valence-corrected chi connectivity index (χ3v) is 4.62. The molecule has 1 aliphatic carbocycles. The molecule has 1 N–H and O–H groups in total. The molecular weight excluding hydrogens is 305 g/mol. The molecule has 0 amide bonds. The summed E-state index contributed by atoms with van der Waals surface area (Å²) in [5, 5.41) is 3.55. The van der Waals surface area contributed by atoms with Crippen LogP contribution in [0.4, 0.5) is 4.39 Å². The first-order chi connectivity index (χ1) is 9.01. The Kier molecular flexibility index (Phi) is 5.02. The lowest BCUT2D eigenvalue weighted by molar-refractivity contribution is 0.266. The van der Waals surface area contributed by atoms with Gasteiger partial charge >= 0.3 is 0 Å². The molecule has 0 spiro atoms. The van der Waals surface area contributed by atoms with Crippen molar-refractivity contribution < 1.29 is 4.39 Å². The van der Waals surface area contributed by atoms with Crippen molar-refractivity contribution >= 4 is 15.9 Å². The Morgan fingerprint density at radius 1 is 1.32 bits per heavy atom. The summed E-state index contributed by atoms with van der Waals surface area (Å²) in [6.45, 7) is 5.33. The van der Waals surface area contributed by atoms with Gasteiger partial charge in [0.15, 0.2) is 0 Å². The predicted molar refractivity (Wildman–Crippen MR) is 81.8 cm³/mol. The molecule has 0 aromatic heterocycles. The molecule has 0 saturated heterocycles. The van der Waals surface area contributed by atoms with E-state index in [-0.39, 0.29) is 11.2 Å². The Balaban J connectivity index is 2.13. The SMILES string of the molecule is CC(C)NCC1(Cc2cc(Br)ccc2F)CCCC1. The van der Waals surface area contributed by atoms with Crippen molar-refractivity contribution in [3.63, 3.8) is 0 Å². The Morgan fingerprint density at radius 3 is 2.63 bits per heavy atom. The fourth-order valence-corrected chi connectivity index (χ4v) is 3.45. The lowest BCUT2D eigenvalue weighted by Gasteiger charge is -2.31. The summed E-state index contributed by atoms with van der Waals surface area (Å²) in [5.74, 6) is -0.0704. The van der Waals surface area contributed by atoms with Crippen LogP contribution in [0.3, 0.4) is 0 Å². The highest BCUT2D eigenvalue weighted by Gasteiger charge is 2.34. The molecule has 3 heteroatoms. The molecule has 0 bridgehead atoms. The third kappa shape index (κ3) is 4.03. The zero-order chi connectivity index (χ0) is 13.9. The van der Waals surface area contributed by atoms with E-state index in [0.29, 0.717) is 6.04 Å². The van der Waals surface area contributed by atoms with E-state index in [9.17, 15) is 4.39 Å². The van der Waals surface area contributed by atoms with Gasteiger partial charge in [0.25, 0.3) is 0 Å². The highest BCUT2D eigenvalue weighted by molar-refractivity contribution is 9.10. The van der Waals surface area contributed by atoms with Crippen LogP contribution in [0.1, 0.15) is 45.1 Å². The summed E-state index contributed by atoms with van der Waals surface area (Å²) in [5.41, 5.74) is 1.09. The minimum Gasteiger partial charge on any atom is -0.314 e. The molecule has 19 heavy (non-hydrogen) atoms. The highest BCUT2D eigenvalue weighted by Crippen LogP contribution is 2.41. The monoisotopic (exact) mass is 327 g/mol. The Labute approximate surface area is 124 Å². The molecule has 0 unspecified atom stereocenters. The highest BCUT2D eigenvalue weighted by atomic mass is 79.9. The van der Waals surface area contributed by atoms with E-state index in [0.717, 1.165) is 23.0 Å². The van der Waals surface area contributed by atoms with E-state index >= 15 is 0 Å². The van der Waals surface area contributed by atoms with Crippen molar-refractivity contribution in [3.05, 3.63) is 34.1 Å². The molecular formula is C16H23BrFN. The predicted octanol–water partition coefficient (Wildman–Crippen LogP) is 4.69. The second-order valence-corrected chi connectivity index (χ2v) is 7.07. The van der Waals surface area contributed by atoms with Crippen LogP contribution < -0.4 is 5.32 Å². The summed E-state index contributed by atoms with van der Waals surface area (Å²) in [6, 6.07) is 5.76. The molecule has 1 aromatic carbocycles. The van der Waals surface area contributed by atoms with Gasteiger partial charge in [-0.3, -0.25) is 0 Å². The number of benzene rings is 1. The van der Waals surface area contributed by atoms with Crippen molar-refractivity contribution in [1.82, 2.24) is 5.32 Å². The van der Waals surface area contributed by atoms with Crippen LogP contribution in [0.2, 0.25) is 0 Å². The first-order valence-corrected chi connectivity index (χ1v) is 7.97. The summed E-state index contributed by atoms with van der Waals surface area (Å²) < 4.78 is 14.9. The maximum Gasteiger partial charge on any atom is 0.126 e. The largest absolute Gasteiger partial charge is 0.314 e. The normalized spacial score (nSPS) is 18.2. The van der Waals surface area contributed by atoms with Crippen LogP contribution in [0.25, 0.3) is 0 Å². The molecule has 0 heterocycles. The minimum absolute atomic E-state index is 0.0704. The molecule has 1 aliphatic rings. The molecule has 1 aromatic rings. The number of rotatable bonds is 5. The lowest BCUT2D eigenvalue weighted by Crippen LogP contribution is -2.37. The average molecular weight is 328 g/mol. The van der Waals surface area contributed by atoms with Crippen LogP contribution in [0.5, 0.6) is 0 Å². The van der Waals surface area contributed by atoms with Crippen LogP contribution >= 0.6 is 15.9 Å². The van der Waals surface area contributed by atoms with Gasteiger partial charge in [-0.2, -0.15) is 0 Å². The first kappa shape index (κ1) is 15.0. The van der Waals surface area contributed by atoms with Gasteiger partial charge in [0.1, 0.15) is 5.82 Å². The lowest BCUT2D eigenvalue weighted by atomic mass is 9.79. The number of hydrogen-bond donors (Lipinski definition) is 1. The van der Waals surface area contributed by atoms with E-state index in [1.54, 1.807) is 12.1 Å². The second-order valence-electron chi connectivity index (χ2n) is 6.16. The van der Waals surface area contributed by atoms with Gasteiger partial charge in [0.2, 0.25) is 0 Å². The fraction of sp³-hybridized carbons (Fsp3) is 0.625. The van der Waals surface area contributed by atoms with Crippen LogP contribution in [0.15, 0.2) is 22.7 Å². The molecule has 1 fully saturated rings. The molecule has 1 saturated carbocycles. The van der Waals surface area contributed by atoms with Gasteiger partial charge in [-0.15, -0.1) is 0 Å². The summed E-state index contributed by atoms with van der Waals surface area (Å²) >= 11 is 3.44. The zero-order valence-corrected chi connectivity index (χ0v) is 13.4. The second kappa shape index (κ2) is 6.36. The van der Waals surface area contributed by atoms with Crippen LogP contribution in [-0.4, -0.2) is 12.6 Å². The first-order valence-electron chi connectivity index (χ1n) is 7.18. The maximum absolute atomic E-state index is 14.0. The third-order valence-electron chi connectivity index (χ3n) is 4.12. The van der Waals surface area contributed by atoms with Gasteiger partial charge in [-0.1, -0.05) is 42.6 Å². The van der Waals surface area contributed by atoms with E-state index in [1.165, 1.54) is 25.7 Å². The van der Waals surface area contributed by atoms with Crippen LogP contribution in [0, 0.1) is 11.2 Å². The maximum atomic E-state index is 14.0. The zero-order valence-electron chi connectivity index (χ0n) is 11.8. The smallest absolute Gasteiger partial charge is 0.126 e. The van der Waals surface area contributed by atoms with Crippen molar-refractivity contribution in [1.29, 1.82) is 0 Å².